The van der Waals surface area contributed by atoms with Crippen LogP contribution in [-0.4, -0.2) is 59.1 Å². The van der Waals surface area contributed by atoms with Gasteiger partial charge in [-0.3, -0.25) is 14.5 Å². The number of piperazine rings is 1. The van der Waals surface area contributed by atoms with Crippen LogP contribution in [-0.2, 0) is 22.7 Å². The Morgan fingerprint density at radius 3 is 3.04 bits per heavy atom. The molecule has 8 nitrogen and oxygen atoms in total. The Morgan fingerprint density at radius 2 is 2.25 bits per heavy atom. The van der Waals surface area contributed by atoms with Gasteiger partial charge in [0.2, 0.25) is 11.8 Å². The van der Waals surface area contributed by atoms with Crippen molar-refractivity contribution in [3.05, 3.63) is 48.5 Å². The van der Waals surface area contributed by atoms with Gasteiger partial charge in [-0.1, -0.05) is 18.2 Å². The summed E-state index contributed by atoms with van der Waals surface area (Å²) >= 11 is 0. The molecule has 2 heterocycles. The highest BCUT2D eigenvalue weighted by Crippen LogP contribution is 2.21. The lowest BCUT2D eigenvalue weighted by Crippen LogP contribution is -2.56. The third kappa shape index (κ3) is 5.32. The Hall–Kier alpha value is -2.87. The van der Waals surface area contributed by atoms with Crippen LogP contribution >= 0.6 is 0 Å². The van der Waals surface area contributed by atoms with Crippen LogP contribution in [0.5, 0.6) is 5.75 Å². The van der Waals surface area contributed by atoms with Crippen molar-refractivity contribution in [3.8, 4) is 5.75 Å². The maximum absolute atomic E-state index is 12.4. The van der Waals surface area contributed by atoms with Gasteiger partial charge in [-0.15, -0.1) is 0 Å². The molecule has 1 aliphatic rings. The molecule has 2 N–H and O–H groups in total. The van der Waals surface area contributed by atoms with Crippen LogP contribution in [0.25, 0.3) is 0 Å². The molecule has 0 radical (unpaired) electrons. The zero-order valence-corrected chi connectivity index (χ0v) is 16.1. The van der Waals surface area contributed by atoms with Crippen molar-refractivity contribution in [1.82, 2.24) is 25.1 Å². The van der Waals surface area contributed by atoms with Gasteiger partial charge in [-0.25, -0.2) is 4.98 Å². The second-order valence-corrected chi connectivity index (χ2v) is 6.80. The number of imidazole rings is 1. The number of aryl methyl sites for hydroxylation is 1. The Kier molecular flexibility index (Phi) is 7.02. The maximum atomic E-state index is 12.4. The van der Waals surface area contributed by atoms with E-state index in [-0.39, 0.29) is 18.2 Å². The van der Waals surface area contributed by atoms with Gasteiger partial charge in [0, 0.05) is 50.7 Å². The van der Waals surface area contributed by atoms with E-state index in [9.17, 15) is 9.59 Å². The molecule has 2 aromatic rings. The number of nitrogens with zero attached hydrogens (tertiary/aromatic N) is 3. The van der Waals surface area contributed by atoms with Gasteiger partial charge in [0.15, 0.2) is 0 Å². The van der Waals surface area contributed by atoms with Crippen LogP contribution in [0.3, 0.4) is 0 Å². The number of carbonyl (C=O) groups excluding carboxylic acids is 2. The Balaban J connectivity index is 1.53. The van der Waals surface area contributed by atoms with E-state index in [1.54, 1.807) is 19.6 Å². The van der Waals surface area contributed by atoms with Gasteiger partial charge >= 0.3 is 0 Å². The molecule has 0 unspecified atom stereocenters. The average molecular weight is 385 g/mol. The molecular formula is C20H27N5O3. The molecule has 1 aliphatic heterocycles. The van der Waals surface area contributed by atoms with Crippen molar-refractivity contribution in [2.24, 2.45) is 0 Å². The number of hydrogen-bond donors (Lipinski definition) is 2. The van der Waals surface area contributed by atoms with Crippen LogP contribution in [0, 0.1) is 0 Å². The highest BCUT2D eigenvalue weighted by molar-refractivity contribution is 5.88. The molecule has 1 saturated heterocycles. The van der Waals surface area contributed by atoms with E-state index in [0.29, 0.717) is 26.2 Å². The van der Waals surface area contributed by atoms with Gasteiger partial charge in [0.05, 0.1) is 25.9 Å². The number of rotatable bonds is 9. The van der Waals surface area contributed by atoms with E-state index in [4.69, 9.17) is 4.74 Å². The average Bonchev–Trinajstić information content (AvgIpc) is 3.22. The summed E-state index contributed by atoms with van der Waals surface area (Å²) < 4.78 is 7.38. The fourth-order valence-corrected chi connectivity index (χ4v) is 3.38. The van der Waals surface area contributed by atoms with Crippen LogP contribution < -0.4 is 15.4 Å². The fraction of sp³-hybridized carbons (Fsp3) is 0.450. The lowest BCUT2D eigenvalue weighted by molar-refractivity contribution is -0.134. The Morgan fingerprint density at radius 1 is 1.39 bits per heavy atom. The minimum absolute atomic E-state index is 0.102. The first-order valence-corrected chi connectivity index (χ1v) is 9.53. The molecule has 3 rings (SSSR count). The largest absolute Gasteiger partial charge is 0.496 e. The van der Waals surface area contributed by atoms with Crippen molar-refractivity contribution in [2.45, 2.75) is 32.0 Å². The predicted octanol–water partition coefficient (Wildman–Crippen LogP) is 0.789. The summed E-state index contributed by atoms with van der Waals surface area (Å²) in [6.45, 7) is 3.21. The minimum Gasteiger partial charge on any atom is -0.496 e. The molecule has 28 heavy (non-hydrogen) atoms. The molecule has 0 bridgehead atoms. The lowest BCUT2D eigenvalue weighted by atomic mass is 10.1. The summed E-state index contributed by atoms with van der Waals surface area (Å²) in [7, 11) is 1.64. The first kappa shape index (κ1) is 19.9. The van der Waals surface area contributed by atoms with Gasteiger partial charge in [0.25, 0.3) is 0 Å². The number of hydrogen-bond acceptors (Lipinski definition) is 5. The van der Waals surface area contributed by atoms with Crippen molar-refractivity contribution < 1.29 is 14.3 Å². The zero-order valence-electron chi connectivity index (χ0n) is 16.1. The molecule has 0 aliphatic carbocycles. The summed E-state index contributed by atoms with van der Waals surface area (Å²) in [6, 6.07) is 7.27. The van der Waals surface area contributed by atoms with Crippen LogP contribution in [0.2, 0.25) is 0 Å². The van der Waals surface area contributed by atoms with E-state index < -0.39 is 6.04 Å². The normalized spacial score (nSPS) is 17.2. The third-order valence-corrected chi connectivity index (χ3v) is 4.86. The zero-order chi connectivity index (χ0) is 19.8. The van der Waals surface area contributed by atoms with Gasteiger partial charge in [-0.05, 0) is 12.5 Å². The van der Waals surface area contributed by atoms with E-state index in [0.717, 1.165) is 24.3 Å². The highest BCUT2D eigenvalue weighted by atomic mass is 16.5. The summed E-state index contributed by atoms with van der Waals surface area (Å²) in [6.07, 6.45) is 6.33. The molecule has 0 spiro atoms. The van der Waals surface area contributed by atoms with Crippen molar-refractivity contribution in [3.63, 3.8) is 0 Å². The van der Waals surface area contributed by atoms with Gasteiger partial charge in [0.1, 0.15) is 5.75 Å². The summed E-state index contributed by atoms with van der Waals surface area (Å²) in [5.74, 6) is 0.573. The van der Waals surface area contributed by atoms with Crippen LogP contribution in [0.4, 0.5) is 0 Å². The Labute approximate surface area is 164 Å². The molecule has 1 fully saturated rings. The van der Waals surface area contributed by atoms with Crippen molar-refractivity contribution in [2.75, 3.05) is 26.7 Å². The number of carbonyl (C=O) groups is 2. The maximum Gasteiger partial charge on any atom is 0.237 e. The number of ether oxygens (including phenoxy) is 1. The minimum atomic E-state index is -0.479. The number of methoxy groups -OCH3 is 1. The van der Waals surface area contributed by atoms with E-state index in [1.807, 2.05) is 39.9 Å². The number of nitrogens with one attached hydrogen (secondary N) is 2. The van der Waals surface area contributed by atoms with Gasteiger partial charge < -0.3 is 19.9 Å². The van der Waals surface area contributed by atoms with Gasteiger partial charge in [-0.2, -0.15) is 0 Å². The second-order valence-electron chi connectivity index (χ2n) is 6.80. The number of para-hydroxylation sites is 1. The van der Waals surface area contributed by atoms with Crippen LogP contribution in [0.1, 0.15) is 18.4 Å². The quantitative estimate of drug-likeness (QED) is 0.623. The van der Waals surface area contributed by atoms with Crippen LogP contribution in [0.15, 0.2) is 43.0 Å². The van der Waals surface area contributed by atoms with E-state index in [2.05, 4.69) is 15.6 Å². The second kappa shape index (κ2) is 9.89. The lowest BCUT2D eigenvalue weighted by Gasteiger charge is -2.35. The third-order valence-electron chi connectivity index (χ3n) is 4.86. The first-order valence-electron chi connectivity index (χ1n) is 9.53. The molecule has 8 heteroatoms. The molecule has 0 saturated carbocycles. The highest BCUT2D eigenvalue weighted by Gasteiger charge is 2.31. The predicted molar refractivity (Wildman–Crippen MR) is 105 cm³/mol. The number of amides is 2. The molecule has 1 aromatic carbocycles. The summed E-state index contributed by atoms with van der Waals surface area (Å²) in [4.78, 5) is 30.8. The molecular weight excluding hydrogens is 358 g/mol. The molecule has 1 atom stereocenters. The SMILES string of the molecule is COc1ccccc1CN1CCNC(=O)[C@H]1CC(=O)NCCCn1ccnc1. The first-order chi connectivity index (χ1) is 13.7. The number of benzene rings is 1. The summed E-state index contributed by atoms with van der Waals surface area (Å²) in [5.41, 5.74) is 1.01. The molecule has 2 amide bonds. The smallest absolute Gasteiger partial charge is 0.237 e. The standard InChI is InChI=1S/C20H27N5O3/c1-28-18-6-3-2-5-16(18)14-25-12-9-23-20(27)17(25)13-19(26)22-7-4-10-24-11-8-21-15-24/h2-3,5-6,8,11,15,17H,4,7,9-10,12-14H2,1H3,(H,22,26)(H,23,27)/t17-/m1/s1. The molecule has 150 valence electrons. The van der Waals surface area contributed by atoms with E-state index >= 15 is 0 Å². The fourth-order valence-electron chi connectivity index (χ4n) is 3.38. The number of aromatic nitrogens is 2. The van der Waals surface area contributed by atoms with Crippen molar-refractivity contribution in [1.29, 1.82) is 0 Å². The Bertz CT molecular complexity index is 778. The van der Waals surface area contributed by atoms with E-state index in [1.165, 1.54) is 0 Å². The summed E-state index contributed by atoms with van der Waals surface area (Å²) in [5, 5.41) is 5.78. The molecule has 1 aromatic heterocycles. The van der Waals surface area contributed by atoms with Crippen molar-refractivity contribution >= 4 is 11.8 Å². The monoisotopic (exact) mass is 385 g/mol. The topological polar surface area (TPSA) is 88.5 Å².